The Hall–Kier alpha value is -1.10. The fraction of sp³-hybridized carbons (Fsp3) is 0.750. The molecule has 0 bridgehead atoms. The summed E-state index contributed by atoms with van der Waals surface area (Å²) >= 11 is 0. The van der Waals surface area contributed by atoms with Gasteiger partial charge in [-0.3, -0.25) is 4.79 Å². The van der Waals surface area contributed by atoms with E-state index in [1.165, 1.54) is 7.11 Å². The number of rotatable bonds is 4. The highest BCUT2D eigenvalue weighted by Gasteiger charge is 2.19. The van der Waals surface area contributed by atoms with E-state index < -0.39 is 11.9 Å². The van der Waals surface area contributed by atoms with Crippen molar-refractivity contribution in [2.45, 2.75) is 19.9 Å². The van der Waals surface area contributed by atoms with E-state index in [2.05, 4.69) is 5.32 Å². The third-order valence-corrected chi connectivity index (χ3v) is 1.66. The number of methoxy groups -OCH3 is 1. The molecule has 0 spiro atoms. The number of nitrogens with one attached hydrogen (secondary N) is 1. The van der Waals surface area contributed by atoms with Crippen LogP contribution in [0.25, 0.3) is 0 Å². The molecule has 76 valence electrons. The van der Waals surface area contributed by atoms with Crippen molar-refractivity contribution in [1.29, 1.82) is 0 Å². The maximum Gasteiger partial charge on any atom is 0.394 e. The van der Waals surface area contributed by atoms with Gasteiger partial charge in [-0.2, -0.15) is 0 Å². The van der Waals surface area contributed by atoms with Gasteiger partial charge in [0.1, 0.15) is 0 Å². The second kappa shape index (κ2) is 5.53. The zero-order valence-corrected chi connectivity index (χ0v) is 8.03. The Morgan fingerprint density at radius 2 is 2.00 bits per heavy atom. The van der Waals surface area contributed by atoms with Crippen LogP contribution in [0.1, 0.15) is 13.8 Å². The minimum Gasteiger partial charge on any atom is -0.474 e. The molecule has 5 nitrogen and oxygen atoms in total. The van der Waals surface area contributed by atoms with Crippen LogP contribution in [0.5, 0.6) is 0 Å². The molecular formula is C8H15NO4. The van der Waals surface area contributed by atoms with Crippen LogP contribution < -0.4 is 5.32 Å². The summed E-state index contributed by atoms with van der Waals surface area (Å²) in [6, 6.07) is -0.256. The smallest absolute Gasteiger partial charge is 0.394 e. The van der Waals surface area contributed by atoms with Crippen LogP contribution in [0.15, 0.2) is 0 Å². The van der Waals surface area contributed by atoms with Crippen molar-refractivity contribution < 1.29 is 19.4 Å². The molecule has 1 atom stereocenters. The molecule has 0 heterocycles. The lowest BCUT2D eigenvalue weighted by molar-refractivity contribution is -0.150. The van der Waals surface area contributed by atoms with E-state index >= 15 is 0 Å². The normalized spacial score (nSPS) is 12.6. The van der Waals surface area contributed by atoms with Gasteiger partial charge in [0, 0.05) is 7.11 Å². The molecule has 0 rings (SSSR count). The highest BCUT2D eigenvalue weighted by Crippen LogP contribution is 2.01. The Balaban J connectivity index is 4.09. The zero-order chi connectivity index (χ0) is 10.4. The van der Waals surface area contributed by atoms with Crippen LogP contribution in [-0.4, -0.2) is 36.7 Å². The molecule has 0 aromatic carbocycles. The van der Waals surface area contributed by atoms with E-state index in [0.717, 1.165) is 0 Å². The molecule has 0 saturated heterocycles. The Labute approximate surface area is 77.1 Å². The van der Waals surface area contributed by atoms with E-state index in [4.69, 9.17) is 9.84 Å². The number of carbonyl (C=O) groups is 2. The lowest BCUT2D eigenvalue weighted by Crippen LogP contribution is -2.44. The molecule has 0 aliphatic rings. The van der Waals surface area contributed by atoms with E-state index in [-0.39, 0.29) is 12.0 Å². The van der Waals surface area contributed by atoms with Gasteiger partial charge in [-0.15, -0.1) is 0 Å². The Morgan fingerprint density at radius 1 is 1.46 bits per heavy atom. The SMILES string of the molecule is COCC(NC(=O)C(=O)O)C(C)C. The lowest BCUT2D eigenvalue weighted by atomic mass is 10.1. The van der Waals surface area contributed by atoms with Crippen LogP contribution in [0, 0.1) is 5.92 Å². The Kier molecular flexibility index (Phi) is 5.06. The number of hydrogen-bond acceptors (Lipinski definition) is 3. The number of aliphatic carboxylic acids is 1. The van der Waals surface area contributed by atoms with Crippen molar-refractivity contribution in [2.24, 2.45) is 5.92 Å². The van der Waals surface area contributed by atoms with Gasteiger partial charge in [0.2, 0.25) is 0 Å². The number of carboxylic acid groups (broad SMARTS) is 1. The zero-order valence-electron chi connectivity index (χ0n) is 8.03. The molecule has 0 aliphatic carbocycles. The van der Waals surface area contributed by atoms with Gasteiger partial charge >= 0.3 is 11.9 Å². The van der Waals surface area contributed by atoms with Gasteiger partial charge < -0.3 is 15.2 Å². The van der Waals surface area contributed by atoms with Crippen molar-refractivity contribution in [3.8, 4) is 0 Å². The van der Waals surface area contributed by atoms with Gasteiger partial charge in [0.15, 0.2) is 0 Å². The summed E-state index contributed by atoms with van der Waals surface area (Å²) in [5.41, 5.74) is 0. The van der Waals surface area contributed by atoms with Gasteiger partial charge in [-0.05, 0) is 5.92 Å². The topological polar surface area (TPSA) is 75.6 Å². The summed E-state index contributed by atoms with van der Waals surface area (Å²) in [7, 11) is 1.50. The number of carboxylic acids is 1. The fourth-order valence-electron chi connectivity index (χ4n) is 0.810. The van der Waals surface area contributed by atoms with Gasteiger partial charge in [0.05, 0.1) is 12.6 Å². The summed E-state index contributed by atoms with van der Waals surface area (Å²) in [5, 5.41) is 10.7. The van der Waals surface area contributed by atoms with Gasteiger partial charge in [-0.25, -0.2) is 4.79 Å². The van der Waals surface area contributed by atoms with E-state index in [1.54, 1.807) is 0 Å². The van der Waals surface area contributed by atoms with Gasteiger partial charge in [-0.1, -0.05) is 13.8 Å². The number of ether oxygens (including phenoxy) is 1. The van der Waals surface area contributed by atoms with Gasteiger partial charge in [0.25, 0.3) is 0 Å². The minimum absolute atomic E-state index is 0.142. The molecule has 0 aromatic rings. The molecule has 5 heteroatoms. The van der Waals surface area contributed by atoms with Crippen molar-refractivity contribution in [3.63, 3.8) is 0 Å². The van der Waals surface area contributed by atoms with Crippen molar-refractivity contribution in [1.82, 2.24) is 5.32 Å². The third kappa shape index (κ3) is 4.47. The monoisotopic (exact) mass is 189 g/mol. The maximum atomic E-state index is 10.8. The summed E-state index contributed by atoms with van der Waals surface area (Å²) in [5.74, 6) is -2.32. The van der Waals surface area contributed by atoms with E-state index in [9.17, 15) is 9.59 Å². The molecule has 0 aromatic heterocycles. The van der Waals surface area contributed by atoms with Crippen LogP contribution >= 0.6 is 0 Å². The molecule has 13 heavy (non-hydrogen) atoms. The Morgan fingerprint density at radius 3 is 2.31 bits per heavy atom. The molecule has 0 aliphatic heterocycles. The largest absolute Gasteiger partial charge is 0.474 e. The Bertz CT molecular complexity index is 191. The number of amides is 1. The molecule has 1 unspecified atom stereocenters. The lowest BCUT2D eigenvalue weighted by Gasteiger charge is -2.20. The van der Waals surface area contributed by atoms with Crippen LogP contribution in [-0.2, 0) is 14.3 Å². The second-order valence-electron chi connectivity index (χ2n) is 3.08. The van der Waals surface area contributed by atoms with E-state index in [0.29, 0.717) is 6.61 Å². The average Bonchev–Trinajstić information content (AvgIpc) is 2.03. The second-order valence-corrected chi connectivity index (χ2v) is 3.08. The molecule has 0 fully saturated rings. The third-order valence-electron chi connectivity index (χ3n) is 1.66. The predicted molar refractivity (Wildman–Crippen MR) is 46.3 cm³/mol. The fourth-order valence-corrected chi connectivity index (χ4v) is 0.810. The van der Waals surface area contributed by atoms with E-state index in [1.807, 2.05) is 13.8 Å². The predicted octanol–water partition coefficient (Wildman–Crippen LogP) is -0.142. The number of hydrogen-bond donors (Lipinski definition) is 2. The molecule has 1 amide bonds. The first-order valence-electron chi connectivity index (χ1n) is 4.01. The standard InChI is InChI=1S/C8H15NO4/c1-5(2)6(4-13-3)9-7(10)8(11)12/h5-6H,4H2,1-3H3,(H,9,10)(H,11,12). The van der Waals surface area contributed by atoms with Crippen LogP contribution in [0.4, 0.5) is 0 Å². The highest BCUT2D eigenvalue weighted by atomic mass is 16.5. The van der Waals surface area contributed by atoms with Crippen LogP contribution in [0.3, 0.4) is 0 Å². The molecule has 0 saturated carbocycles. The quantitative estimate of drug-likeness (QED) is 0.603. The first-order chi connectivity index (χ1) is 5.99. The van der Waals surface area contributed by atoms with Crippen molar-refractivity contribution in [3.05, 3.63) is 0 Å². The van der Waals surface area contributed by atoms with Crippen molar-refractivity contribution >= 4 is 11.9 Å². The summed E-state index contributed by atoms with van der Waals surface area (Å²) in [6.07, 6.45) is 0. The summed E-state index contributed by atoms with van der Waals surface area (Å²) < 4.78 is 4.84. The summed E-state index contributed by atoms with van der Waals surface area (Å²) in [4.78, 5) is 21.0. The number of carbonyl (C=O) groups excluding carboxylic acids is 1. The molecule has 2 N–H and O–H groups in total. The molecule has 0 radical (unpaired) electrons. The first-order valence-corrected chi connectivity index (χ1v) is 4.01. The van der Waals surface area contributed by atoms with Crippen LogP contribution in [0.2, 0.25) is 0 Å². The maximum absolute atomic E-state index is 10.8. The average molecular weight is 189 g/mol. The summed E-state index contributed by atoms with van der Waals surface area (Å²) in [6.45, 7) is 4.08. The first kappa shape index (κ1) is 11.9. The minimum atomic E-state index is -1.47. The highest BCUT2D eigenvalue weighted by molar-refractivity contribution is 6.31. The van der Waals surface area contributed by atoms with Crippen molar-refractivity contribution in [2.75, 3.05) is 13.7 Å². The molecular weight excluding hydrogens is 174 g/mol.